The highest BCUT2D eigenvalue weighted by molar-refractivity contribution is 7.10. The van der Waals surface area contributed by atoms with Crippen molar-refractivity contribution in [1.82, 2.24) is 10.3 Å². The first kappa shape index (κ1) is 13.2. The molecule has 20 heavy (non-hydrogen) atoms. The van der Waals surface area contributed by atoms with Crippen LogP contribution in [0.5, 0.6) is 0 Å². The largest absolute Gasteiger partial charge is 0.317 e. The summed E-state index contributed by atoms with van der Waals surface area (Å²) in [6.07, 6.45) is 2.17. The number of nitrogens with zero attached hydrogens (tertiary/aromatic N) is 2. The van der Waals surface area contributed by atoms with Crippen molar-refractivity contribution in [2.75, 3.05) is 13.1 Å². The first-order valence-corrected chi connectivity index (χ1v) is 7.53. The maximum absolute atomic E-state index is 11.1. The van der Waals surface area contributed by atoms with Crippen molar-refractivity contribution in [2.45, 2.75) is 18.8 Å². The van der Waals surface area contributed by atoms with Gasteiger partial charge in [0.2, 0.25) is 0 Å². The van der Waals surface area contributed by atoms with Gasteiger partial charge in [-0.3, -0.25) is 10.1 Å². The van der Waals surface area contributed by atoms with E-state index in [1.807, 2.05) is 11.4 Å². The molecule has 1 aliphatic rings. The van der Waals surface area contributed by atoms with E-state index in [0.717, 1.165) is 36.6 Å². The molecule has 0 unspecified atom stereocenters. The molecule has 1 N–H and O–H groups in total. The Kier molecular flexibility index (Phi) is 3.75. The molecule has 0 amide bonds. The predicted molar refractivity (Wildman–Crippen MR) is 79.0 cm³/mol. The molecule has 0 aliphatic carbocycles. The van der Waals surface area contributed by atoms with Crippen molar-refractivity contribution >= 4 is 17.0 Å². The summed E-state index contributed by atoms with van der Waals surface area (Å²) in [5.41, 5.74) is 1.44. The van der Waals surface area contributed by atoms with Crippen molar-refractivity contribution in [3.8, 4) is 11.3 Å². The highest BCUT2D eigenvalue weighted by Crippen LogP contribution is 2.34. The number of aromatic nitrogens is 1. The summed E-state index contributed by atoms with van der Waals surface area (Å²) < 4.78 is 0. The molecule has 0 radical (unpaired) electrons. The molecule has 1 aromatic carbocycles. The number of nitro groups is 1. The summed E-state index contributed by atoms with van der Waals surface area (Å²) in [6.45, 7) is 2.04. The van der Waals surface area contributed by atoms with E-state index < -0.39 is 0 Å². The molecule has 2 aromatic rings. The first-order chi connectivity index (χ1) is 9.75. The Bertz CT molecular complexity index is 620. The number of nitrogens with one attached hydrogen (secondary N) is 1. The lowest BCUT2D eigenvalue weighted by Crippen LogP contribution is -2.26. The standard InChI is InChI=1S/C14H15N3O2S/c18-17(19)13-4-2-1-3-11(13)12-9-20-14(16-12)10-5-7-15-8-6-10/h1-4,9-10,15H,5-8H2. The van der Waals surface area contributed by atoms with Gasteiger partial charge in [0.25, 0.3) is 5.69 Å². The van der Waals surface area contributed by atoms with E-state index in [9.17, 15) is 10.1 Å². The Hall–Kier alpha value is -1.79. The number of para-hydroxylation sites is 1. The summed E-state index contributed by atoms with van der Waals surface area (Å²) in [5, 5.41) is 17.4. The van der Waals surface area contributed by atoms with Crippen LogP contribution in [-0.2, 0) is 0 Å². The molecular formula is C14H15N3O2S. The minimum Gasteiger partial charge on any atom is -0.317 e. The van der Waals surface area contributed by atoms with Gasteiger partial charge in [0.05, 0.1) is 21.2 Å². The van der Waals surface area contributed by atoms with Crippen molar-refractivity contribution in [3.63, 3.8) is 0 Å². The van der Waals surface area contributed by atoms with E-state index in [2.05, 4.69) is 10.3 Å². The molecule has 1 aliphatic heterocycles. The van der Waals surface area contributed by atoms with E-state index in [1.165, 1.54) is 6.07 Å². The van der Waals surface area contributed by atoms with Crippen LogP contribution >= 0.6 is 11.3 Å². The van der Waals surface area contributed by atoms with E-state index in [4.69, 9.17) is 0 Å². The monoisotopic (exact) mass is 289 g/mol. The van der Waals surface area contributed by atoms with Gasteiger partial charge in [0.15, 0.2) is 0 Å². The Morgan fingerprint density at radius 3 is 2.80 bits per heavy atom. The number of hydrogen-bond acceptors (Lipinski definition) is 5. The van der Waals surface area contributed by atoms with Crippen LogP contribution in [0.3, 0.4) is 0 Å². The lowest BCUT2D eigenvalue weighted by Gasteiger charge is -2.20. The highest BCUT2D eigenvalue weighted by atomic mass is 32.1. The zero-order chi connectivity index (χ0) is 13.9. The van der Waals surface area contributed by atoms with Gasteiger partial charge in [0, 0.05) is 17.4 Å². The minimum atomic E-state index is -0.348. The Morgan fingerprint density at radius 1 is 1.30 bits per heavy atom. The predicted octanol–water partition coefficient (Wildman–Crippen LogP) is 3.19. The molecule has 0 atom stereocenters. The number of piperidine rings is 1. The Balaban J connectivity index is 1.92. The molecule has 6 heteroatoms. The smallest absolute Gasteiger partial charge is 0.278 e. The maximum Gasteiger partial charge on any atom is 0.278 e. The topological polar surface area (TPSA) is 68.1 Å². The fourth-order valence-electron chi connectivity index (χ4n) is 2.52. The Morgan fingerprint density at radius 2 is 2.05 bits per heavy atom. The quantitative estimate of drug-likeness (QED) is 0.696. The summed E-state index contributed by atoms with van der Waals surface area (Å²) in [7, 11) is 0. The second-order valence-electron chi connectivity index (χ2n) is 4.87. The summed E-state index contributed by atoms with van der Waals surface area (Å²) in [5.74, 6) is 0.484. The van der Waals surface area contributed by atoms with Gasteiger partial charge in [-0.2, -0.15) is 0 Å². The third kappa shape index (κ3) is 2.57. The van der Waals surface area contributed by atoms with Crippen LogP contribution in [0.1, 0.15) is 23.8 Å². The molecule has 1 aromatic heterocycles. The van der Waals surface area contributed by atoms with Crippen molar-refractivity contribution in [1.29, 1.82) is 0 Å². The number of hydrogen-bond donors (Lipinski definition) is 1. The highest BCUT2D eigenvalue weighted by Gasteiger charge is 2.21. The summed E-state index contributed by atoms with van der Waals surface area (Å²) >= 11 is 1.61. The fourth-order valence-corrected chi connectivity index (χ4v) is 3.51. The Labute approximate surface area is 120 Å². The second-order valence-corrected chi connectivity index (χ2v) is 5.76. The van der Waals surface area contributed by atoms with Crippen molar-refractivity contribution < 1.29 is 4.92 Å². The van der Waals surface area contributed by atoms with E-state index in [-0.39, 0.29) is 10.6 Å². The molecule has 1 fully saturated rings. The molecule has 0 bridgehead atoms. The van der Waals surface area contributed by atoms with Gasteiger partial charge in [-0.25, -0.2) is 4.98 Å². The summed E-state index contributed by atoms with van der Waals surface area (Å²) in [4.78, 5) is 15.4. The molecule has 0 saturated carbocycles. The van der Waals surface area contributed by atoms with Crippen molar-refractivity contribution in [2.24, 2.45) is 0 Å². The molecule has 2 heterocycles. The molecular weight excluding hydrogens is 274 g/mol. The van der Waals surface area contributed by atoms with Gasteiger partial charge in [-0.15, -0.1) is 11.3 Å². The maximum atomic E-state index is 11.1. The van der Waals surface area contributed by atoms with E-state index in [1.54, 1.807) is 23.5 Å². The molecule has 0 spiro atoms. The second kappa shape index (κ2) is 5.68. The molecule has 3 rings (SSSR count). The van der Waals surface area contributed by atoms with Gasteiger partial charge in [0.1, 0.15) is 0 Å². The van der Waals surface area contributed by atoms with Crippen LogP contribution in [0.15, 0.2) is 29.6 Å². The van der Waals surface area contributed by atoms with Crippen molar-refractivity contribution in [3.05, 3.63) is 44.8 Å². The average molecular weight is 289 g/mol. The summed E-state index contributed by atoms with van der Waals surface area (Å²) in [6, 6.07) is 6.78. The van der Waals surface area contributed by atoms with Crippen LogP contribution in [0.2, 0.25) is 0 Å². The SMILES string of the molecule is O=[N+]([O-])c1ccccc1-c1csc(C2CCNCC2)n1. The number of rotatable bonds is 3. The molecule has 1 saturated heterocycles. The number of nitro benzene ring substituents is 1. The van der Waals surface area contributed by atoms with Crippen LogP contribution < -0.4 is 5.32 Å². The molecule has 104 valence electrons. The minimum absolute atomic E-state index is 0.120. The van der Waals surface area contributed by atoms with Gasteiger partial charge < -0.3 is 5.32 Å². The normalized spacial score (nSPS) is 16.2. The zero-order valence-corrected chi connectivity index (χ0v) is 11.7. The lowest BCUT2D eigenvalue weighted by molar-refractivity contribution is -0.384. The van der Waals surface area contributed by atoms with Crippen LogP contribution in [0.4, 0.5) is 5.69 Å². The van der Waals surface area contributed by atoms with Gasteiger partial charge in [-0.05, 0) is 32.0 Å². The average Bonchev–Trinajstić information content (AvgIpc) is 2.98. The molecule has 5 nitrogen and oxygen atoms in total. The van der Waals surface area contributed by atoms with E-state index in [0.29, 0.717) is 11.5 Å². The lowest BCUT2D eigenvalue weighted by atomic mass is 9.99. The van der Waals surface area contributed by atoms with Crippen LogP contribution in [0, 0.1) is 10.1 Å². The van der Waals surface area contributed by atoms with Gasteiger partial charge >= 0.3 is 0 Å². The van der Waals surface area contributed by atoms with Gasteiger partial charge in [-0.1, -0.05) is 12.1 Å². The van der Waals surface area contributed by atoms with Crippen LogP contribution in [0.25, 0.3) is 11.3 Å². The fraction of sp³-hybridized carbons (Fsp3) is 0.357. The third-order valence-corrected chi connectivity index (χ3v) is 4.59. The van der Waals surface area contributed by atoms with Crippen LogP contribution in [-0.4, -0.2) is 23.0 Å². The number of benzene rings is 1. The third-order valence-electron chi connectivity index (χ3n) is 3.59. The zero-order valence-electron chi connectivity index (χ0n) is 10.9. The first-order valence-electron chi connectivity index (χ1n) is 6.65. The van der Waals surface area contributed by atoms with E-state index >= 15 is 0 Å². The number of thiazole rings is 1.